The molecule has 8 heteroatoms. The third-order valence-electron chi connectivity index (χ3n) is 2.83. The number of ether oxygens (including phenoxy) is 2. The Labute approximate surface area is 114 Å². The summed E-state index contributed by atoms with van der Waals surface area (Å²) in [6.45, 7) is 1.44. The standard InChI is InChI=1S/C12H15FN2O5/c1-12(14-2,11(16)19-3)7-20-8-4-5-10(15(17)18)9(13)6-8/h4-6,14H,7H2,1-3H3. The second kappa shape index (κ2) is 6.29. The largest absolute Gasteiger partial charge is 0.491 e. The van der Waals surface area contributed by atoms with Crippen molar-refractivity contribution in [1.29, 1.82) is 0 Å². The average Bonchev–Trinajstić information content (AvgIpc) is 2.43. The van der Waals surface area contributed by atoms with Crippen molar-refractivity contribution in [3.05, 3.63) is 34.1 Å². The Hall–Kier alpha value is -2.22. The molecule has 0 saturated carbocycles. The van der Waals surface area contributed by atoms with E-state index in [-0.39, 0.29) is 12.4 Å². The number of carbonyl (C=O) groups is 1. The van der Waals surface area contributed by atoms with E-state index in [1.165, 1.54) is 13.2 Å². The van der Waals surface area contributed by atoms with Gasteiger partial charge in [-0.15, -0.1) is 0 Å². The lowest BCUT2D eigenvalue weighted by molar-refractivity contribution is -0.387. The molecule has 0 bridgehead atoms. The number of benzene rings is 1. The molecule has 1 atom stereocenters. The highest BCUT2D eigenvalue weighted by Gasteiger charge is 2.33. The lowest BCUT2D eigenvalue weighted by Crippen LogP contribution is -2.52. The quantitative estimate of drug-likeness (QED) is 0.481. The Balaban J connectivity index is 2.82. The minimum absolute atomic E-state index is 0.0819. The minimum atomic E-state index is -1.10. The van der Waals surface area contributed by atoms with Crippen LogP contribution in [0.25, 0.3) is 0 Å². The first kappa shape index (κ1) is 15.8. The van der Waals surface area contributed by atoms with Crippen molar-refractivity contribution < 1.29 is 23.6 Å². The first-order chi connectivity index (χ1) is 9.34. The molecule has 7 nitrogen and oxygen atoms in total. The molecular formula is C12H15FN2O5. The summed E-state index contributed by atoms with van der Waals surface area (Å²) in [4.78, 5) is 21.2. The van der Waals surface area contributed by atoms with Gasteiger partial charge in [0, 0.05) is 12.1 Å². The fraction of sp³-hybridized carbons (Fsp3) is 0.417. The van der Waals surface area contributed by atoms with Crippen molar-refractivity contribution >= 4 is 11.7 Å². The molecule has 0 aromatic heterocycles. The number of nitrogens with zero attached hydrogens (tertiary/aromatic N) is 1. The topological polar surface area (TPSA) is 90.7 Å². The summed E-state index contributed by atoms with van der Waals surface area (Å²) in [7, 11) is 2.79. The maximum Gasteiger partial charge on any atom is 0.329 e. The van der Waals surface area contributed by atoms with Crippen LogP contribution in [0.3, 0.4) is 0 Å². The van der Waals surface area contributed by atoms with Crippen molar-refractivity contribution in [2.24, 2.45) is 0 Å². The van der Waals surface area contributed by atoms with E-state index >= 15 is 0 Å². The highest BCUT2D eigenvalue weighted by atomic mass is 19.1. The van der Waals surface area contributed by atoms with Gasteiger partial charge in [0.2, 0.25) is 5.82 Å². The molecule has 0 aliphatic heterocycles. The average molecular weight is 286 g/mol. The zero-order chi connectivity index (χ0) is 15.3. The van der Waals surface area contributed by atoms with E-state index in [1.807, 2.05) is 0 Å². The first-order valence-electron chi connectivity index (χ1n) is 5.68. The van der Waals surface area contributed by atoms with Crippen molar-refractivity contribution in [2.75, 3.05) is 20.8 Å². The molecule has 0 amide bonds. The van der Waals surface area contributed by atoms with Crippen LogP contribution in [0.15, 0.2) is 18.2 Å². The van der Waals surface area contributed by atoms with Gasteiger partial charge in [0.05, 0.1) is 12.0 Å². The number of hydrogen-bond acceptors (Lipinski definition) is 6. The van der Waals surface area contributed by atoms with Crippen LogP contribution in [0, 0.1) is 15.9 Å². The Morgan fingerprint density at radius 3 is 2.65 bits per heavy atom. The summed E-state index contributed by atoms with van der Waals surface area (Å²) in [6.07, 6.45) is 0. The second-order valence-electron chi connectivity index (χ2n) is 4.23. The Morgan fingerprint density at radius 2 is 2.20 bits per heavy atom. The molecule has 0 heterocycles. The summed E-state index contributed by atoms with van der Waals surface area (Å²) < 4.78 is 23.3. The Bertz CT molecular complexity index is 523. The zero-order valence-corrected chi connectivity index (χ0v) is 11.3. The molecule has 0 radical (unpaired) electrons. The third-order valence-corrected chi connectivity index (χ3v) is 2.83. The maximum atomic E-state index is 13.4. The van der Waals surface area contributed by atoms with E-state index in [4.69, 9.17) is 4.74 Å². The molecule has 0 aliphatic rings. The fourth-order valence-corrected chi connectivity index (χ4v) is 1.41. The number of hydrogen-bond donors (Lipinski definition) is 1. The summed E-state index contributed by atoms with van der Waals surface area (Å²) in [5, 5.41) is 13.2. The summed E-state index contributed by atoms with van der Waals surface area (Å²) in [5.41, 5.74) is -1.74. The lowest BCUT2D eigenvalue weighted by atomic mass is 10.1. The highest BCUT2D eigenvalue weighted by molar-refractivity contribution is 5.80. The molecule has 1 N–H and O–H groups in total. The van der Waals surface area contributed by atoms with Crippen molar-refractivity contribution in [1.82, 2.24) is 5.32 Å². The van der Waals surface area contributed by atoms with Gasteiger partial charge in [-0.3, -0.25) is 10.1 Å². The van der Waals surface area contributed by atoms with Gasteiger partial charge in [-0.1, -0.05) is 0 Å². The van der Waals surface area contributed by atoms with Crippen LogP contribution >= 0.6 is 0 Å². The smallest absolute Gasteiger partial charge is 0.329 e. The van der Waals surface area contributed by atoms with Crippen LogP contribution in [0.5, 0.6) is 5.75 Å². The molecule has 0 saturated heterocycles. The van der Waals surface area contributed by atoms with Gasteiger partial charge in [0.15, 0.2) is 0 Å². The van der Waals surface area contributed by atoms with Gasteiger partial charge < -0.3 is 14.8 Å². The predicted octanol–water partition coefficient (Wildman–Crippen LogP) is 1.26. The molecular weight excluding hydrogens is 271 g/mol. The molecule has 0 aliphatic carbocycles. The van der Waals surface area contributed by atoms with Crippen LogP contribution in [-0.2, 0) is 9.53 Å². The molecule has 1 aromatic rings. The highest BCUT2D eigenvalue weighted by Crippen LogP contribution is 2.23. The third kappa shape index (κ3) is 3.41. The van der Waals surface area contributed by atoms with Crippen LogP contribution in [-0.4, -0.2) is 37.2 Å². The maximum absolute atomic E-state index is 13.4. The summed E-state index contributed by atoms with van der Waals surface area (Å²) in [6, 6.07) is 3.15. The van der Waals surface area contributed by atoms with Gasteiger partial charge in [0.1, 0.15) is 17.9 Å². The number of halogens is 1. The zero-order valence-electron chi connectivity index (χ0n) is 11.3. The van der Waals surface area contributed by atoms with Crippen molar-refractivity contribution in [2.45, 2.75) is 12.5 Å². The lowest BCUT2D eigenvalue weighted by Gasteiger charge is -2.25. The van der Waals surface area contributed by atoms with E-state index in [0.29, 0.717) is 0 Å². The van der Waals surface area contributed by atoms with Gasteiger partial charge in [-0.05, 0) is 20.0 Å². The van der Waals surface area contributed by atoms with Crippen LogP contribution < -0.4 is 10.1 Å². The number of esters is 1. The summed E-state index contributed by atoms with van der Waals surface area (Å²) in [5.74, 6) is -1.46. The number of rotatable bonds is 6. The Morgan fingerprint density at radius 1 is 1.55 bits per heavy atom. The van der Waals surface area contributed by atoms with Gasteiger partial charge >= 0.3 is 11.7 Å². The first-order valence-corrected chi connectivity index (χ1v) is 5.68. The summed E-state index contributed by atoms with van der Waals surface area (Å²) >= 11 is 0. The van der Waals surface area contributed by atoms with E-state index in [1.54, 1.807) is 14.0 Å². The minimum Gasteiger partial charge on any atom is -0.491 e. The number of methoxy groups -OCH3 is 1. The number of nitro groups is 1. The van der Waals surface area contributed by atoms with Gasteiger partial charge in [-0.2, -0.15) is 4.39 Å². The van der Waals surface area contributed by atoms with Crippen LogP contribution in [0.2, 0.25) is 0 Å². The SMILES string of the molecule is CNC(C)(COc1ccc([N+](=O)[O-])c(F)c1)C(=O)OC. The second-order valence-corrected chi connectivity index (χ2v) is 4.23. The van der Waals surface area contributed by atoms with E-state index in [9.17, 15) is 19.3 Å². The van der Waals surface area contributed by atoms with Crippen LogP contribution in [0.4, 0.5) is 10.1 Å². The molecule has 0 fully saturated rings. The van der Waals surface area contributed by atoms with Gasteiger partial charge in [0.25, 0.3) is 0 Å². The molecule has 110 valence electrons. The number of nitro benzene ring substituents is 1. The number of nitrogens with one attached hydrogen (secondary N) is 1. The van der Waals surface area contributed by atoms with Crippen molar-refractivity contribution in [3.8, 4) is 5.75 Å². The number of likely N-dealkylation sites (N-methyl/N-ethyl adjacent to an activating group) is 1. The monoisotopic (exact) mass is 286 g/mol. The van der Waals surface area contributed by atoms with E-state index in [0.717, 1.165) is 12.1 Å². The van der Waals surface area contributed by atoms with Crippen molar-refractivity contribution in [3.63, 3.8) is 0 Å². The van der Waals surface area contributed by atoms with E-state index in [2.05, 4.69) is 10.1 Å². The molecule has 20 heavy (non-hydrogen) atoms. The molecule has 1 unspecified atom stereocenters. The Kier molecular flexibility index (Phi) is 4.98. The molecule has 1 aromatic carbocycles. The van der Waals surface area contributed by atoms with E-state index < -0.39 is 27.9 Å². The molecule has 1 rings (SSSR count). The van der Waals surface area contributed by atoms with Gasteiger partial charge in [-0.25, -0.2) is 4.79 Å². The number of carbonyl (C=O) groups excluding carboxylic acids is 1. The fourth-order valence-electron chi connectivity index (χ4n) is 1.41. The normalized spacial score (nSPS) is 13.4. The van der Waals surface area contributed by atoms with Crippen LogP contribution in [0.1, 0.15) is 6.92 Å². The predicted molar refractivity (Wildman–Crippen MR) is 68.0 cm³/mol. The molecule has 0 spiro atoms.